The van der Waals surface area contributed by atoms with Crippen LogP contribution in [0.15, 0.2) is 95.4 Å². The van der Waals surface area contributed by atoms with Gasteiger partial charge in [-0.1, -0.05) is 113 Å². The topological polar surface area (TPSA) is 19.4 Å². The van der Waals surface area contributed by atoms with E-state index >= 15 is 0 Å². The van der Waals surface area contributed by atoms with Crippen molar-refractivity contribution in [2.24, 2.45) is 23.7 Å². The molecule has 4 aliphatic rings. The summed E-state index contributed by atoms with van der Waals surface area (Å²) in [6, 6.07) is 18.8. The van der Waals surface area contributed by atoms with Crippen LogP contribution in [0.1, 0.15) is 97.2 Å². The van der Waals surface area contributed by atoms with Gasteiger partial charge in [0.1, 0.15) is 0 Å². The third-order valence-electron chi connectivity index (χ3n) is 11.2. The average Bonchev–Trinajstić information content (AvgIpc) is 3.05. The van der Waals surface area contributed by atoms with Gasteiger partial charge in [-0.3, -0.25) is 4.31 Å². The van der Waals surface area contributed by atoms with E-state index in [1.54, 1.807) is 11.3 Å². The number of allylic oxidation sites excluding steroid dienone is 7. The predicted molar refractivity (Wildman–Crippen MR) is 205 cm³/mol. The second kappa shape index (κ2) is 12.7. The highest BCUT2D eigenvalue weighted by atomic mass is 32.3. The quantitative estimate of drug-likeness (QED) is 0.266. The standard InChI is InChI=1S/C43H55N3S/c1-9-15-31-16-10-11-21-37(31)45-38-22-13-18-32-17-12-20-35(41(32)38)36-27-25-33-19-14-23-39(42(33)44-36)46(47(45,7)8)43-34(28(2)3)26-24-30(6)40(43)29(4)5/h10-12,14,17,19-21,23,25-31,38H,9,13,15-16,18,22,24H2,1-8H3. The van der Waals surface area contributed by atoms with Crippen LogP contribution in [0.4, 0.5) is 5.69 Å². The maximum absolute atomic E-state index is 5.63. The lowest BCUT2D eigenvalue weighted by Gasteiger charge is -2.60. The molecule has 47 heavy (non-hydrogen) atoms. The van der Waals surface area contributed by atoms with E-state index in [2.05, 4.69) is 135 Å². The number of hydrogen-bond acceptors (Lipinski definition) is 3. The van der Waals surface area contributed by atoms with E-state index < -0.39 is 10.4 Å². The van der Waals surface area contributed by atoms with Gasteiger partial charge in [-0.25, -0.2) is 4.98 Å². The van der Waals surface area contributed by atoms with Gasteiger partial charge in [-0.05, 0) is 109 Å². The molecule has 0 amide bonds. The van der Waals surface area contributed by atoms with E-state index in [1.165, 1.54) is 58.3 Å². The Balaban J connectivity index is 1.64. The summed E-state index contributed by atoms with van der Waals surface area (Å²) in [6.45, 7) is 14.5. The fourth-order valence-corrected chi connectivity index (χ4v) is 12.2. The van der Waals surface area contributed by atoms with Crippen LogP contribution in [0, 0.1) is 23.7 Å². The molecule has 3 nitrogen and oxygen atoms in total. The minimum absolute atomic E-state index is 0.290. The molecule has 7 rings (SSSR count). The Morgan fingerprint density at radius 2 is 1.77 bits per heavy atom. The fraction of sp³-hybridized carbons (Fsp3) is 0.465. The van der Waals surface area contributed by atoms with Gasteiger partial charge in [-0.2, -0.15) is 0 Å². The molecular weight excluding hydrogens is 591 g/mol. The highest BCUT2D eigenvalue weighted by molar-refractivity contribution is 8.32. The van der Waals surface area contributed by atoms with Crippen molar-refractivity contribution in [3.05, 3.63) is 107 Å². The molecule has 1 aliphatic heterocycles. The summed E-state index contributed by atoms with van der Waals surface area (Å²) in [4.78, 5) is 5.63. The third-order valence-corrected chi connectivity index (χ3v) is 13.9. The predicted octanol–water partition coefficient (Wildman–Crippen LogP) is 12.1. The van der Waals surface area contributed by atoms with Crippen LogP contribution >= 0.6 is 10.4 Å². The van der Waals surface area contributed by atoms with E-state index in [0.717, 1.165) is 36.9 Å². The molecule has 2 heterocycles. The van der Waals surface area contributed by atoms with Crippen molar-refractivity contribution in [3.8, 4) is 11.3 Å². The molecule has 0 radical (unpaired) electrons. The van der Waals surface area contributed by atoms with Crippen LogP contribution in [0.25, 0.3) is 22.2 Å². The number of nitrogens with zero attached hydrogens (tertiary/aromatic N) is 3. The lowest BCUT2D eigenvalue weighted by molar-refractivity contribution is 0.323. The molecule has 3 unspecified atom stereocenters. The summed E-state index contributed by atoms with van der Waals surface area (Å²) >= 11 is 0. The zero-order valence-corrected chi connectivity index (χ0v) is 30.8. The minimum atomic E-state index is -1.71. The van der Waals surface area contributed by atoms with E-state index in [4.69, 9.17) is 4.98 Å². The Morgan fingerprint density at radius 1 is 0.957 bits per heavy atom. The van der Waals surface area contributed by atoms with Crippen molar-refractivity contribution < 1.29 is 0 Å². The Labute approximate surface area is 286 Å². The van der Waals surface area contributed by atoms with Gasteiger partial charge in [0, 0.05) is 22.6 Å². The molecule has 3 aliphatic carbocycles. The number of benzene rings is 2. The van der Waals surface area contributed by atoms with E-state index in [0.29, 0.717) is 23.7 Å². The van der Waals surface area contributed by atoms with Crippen molar-refractivity contribution in [1.29, 1.82) is 0 Å². The lowest BCUT2D eigenvalue weighted by atomic mass is 9.78. The first-order valence-electron chi connectivity index (χ1n) is 18.3. The molecule has 2 aromatic carbocycles. The number of para-hydroxylation sites is 1. The molecule has 0 saturated heterocycles. The molecule has 1 aromatic heterocycles. The van der Waals surface area contributed by atoms with Gasteiger partial charge in [0.25, 0.3) is 0 Å². The number of pyridine rings is 1. The van der Waals surface area contributed by atoms with E-state index in [1.807, 2.05) is 0 Å². The first-order valence-corrected chi connectivity index (χ1v) is 20.7. The average molecular weight is 646 g/mol. The highest BCUT2D eigenvalue weighted by Crippen LogP contribution is 2.64. The number of fused-ring (bicyclic) bond motifs is 2. The first kappa shape index (κ1) is 32.3. The molecule has 3 aromatic rings. The largest absolute Gasteiger partial charge is 0.315 e. The maximum Gasteiger partial charge on any atom is 0.0955 e. The van der Waals surface area contributed by atoms with Crippen molar-refractivity contribution in [3.63, 3.8) is 0 Å². The third kappa shape index (κ3) is 5.39. The molecular formula is C43H55N3S. The highest BCUT2D eigenvalue weighted by Gasteiger charge is 2.45. The van der Waals surface area contributed by atoms with E-state index in [9.17, 15) is 0 Å². The van der Waals surface area contributed by atoms with Gasteiger partial charge in [0.2, 0.25) is 0 Å². The zero-order valence-electron chi connectivity index (χ0n) is 30.0. The second-order valence-corrected chi connectivity index (χ2v) is 18.5. The molecule has 4 heteroatoms. The summed E-state index contributed by atoms with van der Waals surface area (Å²) in [5.74, 6) is 1.90. The summed E-state index contributed by atoms with van der Waals surface area (Å²) < 4.78 is 5.87. The fourth-order valence-electron chi connectivity index (χ4n) is 9.23. The van der Waals surface area contributed by atoms with E-state index in [-0.39, 0.29) is 6.04 Å². The molecule has 0 saturated carbocycles. The van der Waals surface area contributed by atoms with Crippen LogP contribution in [-0.2, 0) is 6.42 Å². The SMILES string of the molecule is CCCC1CC=CC=C1N1C2CCCc3cccc(c32)-c2ccc3cccc(c3n2)N(C2=C(C(C)C)C(C)CC=C2C(C)C)S1(C)C. The Bertz CT molecular complexity index is 1800. The van der Waals surface area contributed by atoms with Gasteiger partial charge in [0.05, 0.1) is 28.6 Å². The molecule has 0 fully saturated rings. The molecule has 248 valence electrons. The number of rotatable bonds is 6. The molecule has 2 bridgehead atoms. The molecule has 0 N–H and O–H groups in total. The summed E-state index contributed by atoms with van der Waals surface area (Å²) in [7, 11) is -1.71. The second-order valence-electron chi connectivity index (χ2n) is 15.3. The summed E-state index contributed by atoms with van der Waals surface area (Å²) in [5.41, 5.74) is 14.0. The Morgan fingerprint density at radius 3 is 2.53 bits per heavy atom. The van der Waals surface area contributed by atoms with Crippen LogP contribution in [-0.4, -0.2) is 21.8 Å². The summed E-state index contributed by atoms with van der Waals surface area (Å²) in [6.07, 6.45) is 23.2. The first-order chi connectivity index (χ1) is 22.6. The van der Waals surface area contributed by atoms with Crippen molar-refractivity contribution >= 4 is 27.0 Å². The van der Waals surface area contributed by atoms with Crippen molar-refractivity contribution in [2.75, 3.05) is 16.8 Å². The number of anilines is 1. The summed E-state index contributed by atoms with van der Waals surface area (Å²) in [5, 5.41) is 1.22. The maximum atomic E-state index is 5.63. The smallest absolute Gasteiger partial charge is 0.0955 e. The van der Waals surface area contributed by atoms with Crippen LogP contribution in [0.5, 0.6) is 0 Å². The van der Waals surface area contributed by atoms with Crippen molar-refractivity contribution in [2.45, 2.75) is 92.5 Å². The Kier molecular flexibility index (Phi) is 8.70. The van der Waals surface area contributed by atoms with Crippen molar-refractivity contribution in [1.82, 2.24) is 9.29 Å². The molecule has 3 atom stereocenters. The zero-order chi connectivity index (χ0) is 33.0. The van der Waals surface area contributed by atoms with Gasteiger partial charge < -0.3 is 4.31 Å². The number of aromatic nitrogens is 1. The number of hydrogen-bond donors (Lipinski definition) is 0. The lowest BCUT2D eigenvalue weighted by Crippen LogP contribution is -2.45. The van der Waals surface area contributed by atoms with Gasteiger partial charge >= 0.3 is 0 Å². The van der Waals surface area contributed by atoms with Gasteiger partial charge in [-0.15, -0.1) is 0 Å². The minimum Gasteiger partial charge on any atom is -0.315 e. The number of aryl methyl sites for hydroxylation is 1. The monoisotopic (exact) mass is 645 g/mol. The van der Waals surface area contributed by atoms with Crippen LogP contribution in [0.3, 0.4) is 0 Å². The van der Waals surface area contributed by atoms with Gasteiger partial charge in [0.15, 0.2) is 0 Å². The molecule has 0 spiro atoms. The normalized spacial score (nSPS) is 24.5. The Hall–Kier alpha value is -3.24. The van der Waals surface area contributed by atoms with Crippen LogP contribution < -0.4 is 4.31 Å². The van der Waals surface area contributed by atoms with Crippen LogP contribution in [0.2, 0.25) is 0 Å².